The van der Waals surface area contributed by atoms with E-state index in [1.54, 1.807) is 0 Å². The van der Waals surface area contributed by atoms with Crippen LogP contribution in [0.1, 0.15) is 44.9 Å². The van der Waals surface area contributed by atoms with Crippen LogP contribution in [0, 0.1) is 0 Å². The molecule has 1 aliphatic carbocycles. The first-order valence-corrected chi connectivity index (χ1v) is 10.4. The van der Waals surface area contributed by atoms with E-state index < -0.39 is 0 Å². The monoisotopic (exact) mass is 405 g/mol. The Morgan fingerprint density at radius 3 is 2.68 bits per heavy atom. The Bertz CT molecular complexity index is 697. The van der Waals surface area contributed by atoms with Gasteiger partial charge < -0.3 is 10.1 Å². The van der Waals surface area contributed by atoms with Crippen LogP contribution in [0.4, 0.5) is 10.6 Å². The molecule has 0 unspecified atom stereocenters. The lowest BCUT2D eigenvalue weighted by Gasteiger charge is -2.21. The molecule has 0 saturated carbocycles. The van der Waals surface area contributed by atoms with Gasteiger partial charge in [0.25, 0.3) is 0 Å². The first-order chi connectivity index (χ1) is 13.7. The van der Waals surface area contributed by atoms with Gasteiger partial charge in [-0.2, -0.15) is 0 Å². The molecular weight excluding hydrogens is 378 g/mol. The second kappa shape index (κ2) is 11.0. The highest BCUT2D eigenvalue weighted by Gasteiger charge is 2.14. The Hall–Kier alpha value is -2.12. The lowest BCUT2D eigenvalue weighted by atomic mass is 10.2. The van der Waals surface area contributed by atoms with Gasteiger partial charge in [-0.25, -0.2) is 14.8 Å². The van der Waals surface area contributed by atoms with Crippen molar-refractivity contribution in [1.82, 2.24) is 20.2 Å². The summed E-state index contributed by atoms with van der Waals surface area (Å²) in [7, 11) is 0. The number of carbonyl (C=O) groups is 1. The number of carbonyl (C=O) groups excluding carboxylic acids is 1. The summed E-state index contributed by atoms with van der Waals surface area (Å²) in [5.41, 5.74) is 0.795. The number of ether oxygens (including phenoxy) is 1. The predicted molar refractivity (Wildman–Crippen MR) is 110 cm³/mol. The molecule has 0 radical (unpaired) electrons. The van der Waals surface area contributed by atoms with Crippen LogP contribution < -0.4 is 10.6 Å². The Morgan fingerprint density at radius 1 is 1.11 bits per heavy atom. The number of urea groups is 1. The van der Waals surface area contributed by atoms with Crippen molar-refractivity contribution in [2.75, 3.05) is 31.6 Å². The molecule has 0 atom stereocenters. The van der Waals surface area contributed by atoms with Crippen molar-refractivity contribution in [2.45, 2.75) is 44.9 Å². The maximum absolute atomic E-state index is 12.3. The Labute approximate surface area is 171 Å². The van der Waals surface area contributed by atoms with Crippen LogP contribution >= 0.6 is 11.6 Å². The van der Waals surface area contributed by atoms with Crippen LogP contribution in [0.2, 0.25) is 5.15 Å². The maximum Gasteiger partial charge on any atom is 0.324 e. The quantitative estimate of drug-likeness (QED) is 0.744. The molecule has 2 heterocycles. The fraction of sp³-hybridized carbons (Fsp3) is 0.550. The second-order valence-corrected chi connectivity index (χ2v) is 7.43. The number of halogens is 1. The van der Waals surface area contributed by atoms with Crippen molar-refractivity contribution >= 4 is 23.4 Å². The molecule has 2 aliphatic rings. The van der Waals surface area contributed by atoms with Crippen molar-refractivity contribution in [3.8, 4) is 0 Å². The van der Waals surface area contributed by atoms with Gasteiger partial charge in [0.15, 0.2) is 5.82 Å². The van der Waals surface area contributed by atoms with Gasteiger partial charge in [0.05, 0.1) is 18.1 Å². The van der Waals surface area contributed by atoms with Crippen LogP contribution in [-0.4, -0.2) is 47.1 Å². The van der Waals surface area contributed by atoms with Crippen molar-refractivity contribution in [3.05, 3.63) is 41.2 Å². The molecule has 7 nitrogen and oxygen atoms in total. The van der Waals surface area contributed by atoms with Gasteiger partial charge in [0.2, 0.25) is 0 Å². The summed E-state index contributed by atoms with van der Waals surface area (Å²) in [5, 5.41) is 5.86. The van der Waals surface area contributed by atoms with E-state index in [1.165, 1.54) is 38.1 Å². The minimum Gasteiger partial charge on any atom is -0.490 e. The molecule has 8 heteroatoms. The number of hydrogen-bond acceptors (Lipinski definition) is 5. The number of nitrogens with zero attached hydrogens (tertiary/aromatic N) is 3. The van der Waals surface area contributed by atoms with E-state index >= 15 is 0 Å². The summed E-state index contributed by atoms with van der Waals surface area (Å²) < 4.78 is 6.05. The van der Waals surface area contributed by atoms with E-state index in [0.717, 1.165) is 50.4 Å². The predicted octanol–water partition coefficient (Wildman–Crippen LogP) is 4.10. The number of rotatable bonds is 6. The van der Waals surface area contributed by atoms with Crippen LogP contribution in [0.25, 0.3) is 0 Å². The molecule has 0 spiro atoms. The third-order valence-electron chi connectivity index (χ3n) is 4.85. The number of nitrogens with one attached hydrogen (secondary N) is 2. The molecule has 2 amide bonds. The highest BCUT2D eigenvalue weighted by Crippen LogP contribution is 2.18. The van der Waals surface area contributed by atoms with E-state index in [0.29, 0.717) is 12.4 Å². The minimum atomic E-state index is -0.365. The molecule has 1 fully saturated rings. The Morgan fingerprint density at radius 2 is 1.93 bits per heavy atom. The van der Waals surface area contributed by atoms with E-state index in [9.17, 15) is 4.79 Å². The normalized spacial score (nSPS) is 18.3. The highest BCUT2D eigenvalue weighted by atomic mass is 35.5. The molecule has 1 aliphatic heterocycles. The van der Waals surface area contributed by atoms with E-state index in [-0.39, 0.29) is 11.2 Å². The molecule has 1 aromatic heterocycles. The highest BCUT2D eigenvalue weighted by molar-refractivity contribution is 6.29. The SMILES string of the molecule is O=C(NC1=C(OCCN2CCCCCC2)C=CCCC1)Nc1cnc(Cl)cn1. The van der Waals surface area contributed by atoms with Crippen LogP contribution in [-0.2, 0) is 4.74 Å². The summed E-state index contributed by atoms with van der Waals surface area (Å²) in [4.78, 5) is 22.7. The zero-order valence-corrected chi connectivity index (χ0v) is 16.9. The lowest BCUT2D eigenvalue weighted by Crippen LogP contribution is -2.31. The van der Waals surface area contributed by atoms with Crippen molar-refractivity contribution in [2.24, 2.45) is 0 Å². The number of amides is 2. The summed E-state index contributed by atoms with van der Waals surface area (Å²) in [6, 6.07) is -0.365. The third-order valence-corrected chi connectivity index (χ3v) is 5.05. The number of hydrogen-bond donors (Lipinski definition) is 2. The second-order valence-electron chi connectivity index (χ2n) is 7.05. The largest absolute Gasteiger partial charge is 0.490 e. The summed E-state index contributed by atoms with van der Waals surface area (Å²) in [6.07, 6.45) is 14.7. The van der Waals surface area contributed by atoms with Gasteiger partial charge in [-0.3, -0.25) is 10.2 Å². The van der Waals surface area contributed by atoms with E-state index in [4.69, 9.17) is 16.3 Å². The maximum atomic E-state index is 12.3. The van der Waals surface area contributed by atoms with E-state index in [1.807, 2.05) is 6.08 Å². The summed E-state index contributed by atoms with van der Waals surface area (Å²) >= 11 is 5.72. The van der Waals surface area contributed by atoms with Crippen molar-refractivity contribution in [3.63, 3.8) is 0 Å². The Kier molecular flexibility index (Phi) is 8.11. The molecule has 1 aromatic rings. The summed E-state index contributed by atoms with van der Waals surface area (Å²) in [6.45, 7) is 3.83. The molecule has 152 valence electrons. The molecule has 0 bridgehead atoms. The standard InChI is InChI=1S/C20H28ClN5O2/c21-18-14-23-19(15-22-18)25-20(27)24-16-8-4-3-5-9-17(16)28-13-12-26-10-6-1-2-7-11-26/h5,9,14-15H,1-4,6-8,10-13H2,(H2,23,24,25,27). The first-order valence-electron chi connectivity index (χ1n) is 10.0. The number of aromatic nitrogens is 2. The van der Waals surface area contributed by atoms with Gasteiger partial charge in [0.1, 0.15) is 17.5 Å². The number of anilines is 1. The van der Waals surface area contributed by atoms with Crippen molar-refractivity contribution in [1.29, 1.82) is 0 Å². The average molecular weight is 406 g/mol. The number of allylic oxidation sites excluding steroid dienone is 3. The molecule has 2 N–H and O–H groups in total. The third kappa shape index (κ3) is 6.80. The lowest BCUT2D eigenvalue weighted by molar-refractivity contribution is 0.163. The molecular formula is C20H28ClN5O2. The van der Waals surface area contributed by atoms with Crippen LogP contribution in [0.3, 0.4) is 0 Å². The Balaban J connectivity index is 1.55. The topological polar surface area (TPSA) is 79.4 Å². The zero-order valence-electron chi connectivity index (χ0n) is 16.1. The fourth-order valence-electron chi connectivity index (χ4n) is 3.38. The molecule has 1 saturated heterocycles. The minimum absolute atomic E-state index is 0.280. The smallest absolute Gasteiger partial charge is 0.324 e. The molecule has 0 aromatic carbocycles. The van der Waals surface area contributed by atoms with Crippen LogP contribution in [0.5, 0.6) is 0 Å². The van der Waals surface area contributed by atoms with Crippen molar-refractivity contribution < 1.29 is 9.53 Å². The van der Waals surface area contributed by atoms with Crippen LogP contribution in [0.15, 0.2) is 36.0 Å². The first kappa shape index (κ1) is 20.6. The summed E-state index contributed by atoms with van der Waals surface area (Å²) in [5.74, 6) is 1.08. The zero-order chi connectivity index (χ0) is 19.6. The molecule has 28 heavy (non-hydrogen) atoms. The average Bonchev–Trinajstić information content (AvgIpc) is 3.07. The fourth-order valence-corrected chi connectivity index (χ4v) is 3.47. The van der Waals surface area contributed by atoms with Gasteiger partial charge in [0, 0.05) is 6.54 Å². The van der Waals surface area contributed by atoms with Gasteiger partial charge in [-0.15, -0.1) is 0 Å². The molecule has 3 rings (SSSR count). The van der Waals surface area contributed by atoms with E-state index in [2.05, 4.69) is 31.6 Å². The van der Waals surface area contributed by atoms with Gasteiger partial charge >= 0.3 is 6.03 Å². The van der Waals surface area contributed by atoms with Gasteiger partial charge in [-0.05, 0) is 51.3 Å². The van der Waals surface area contributed by atoms with Gasteiger partial charge in [-0.1, -0.05) is 30.5 Å². The number of likely N-dealkylation sites (tertiary alicyclic amines) is 1.